The third-order valence-electron chi connectivity index (χ3n) is 3.56. The second-order valence-corrected chi connectivity index (χ2v) is 5.81. The Morgan fingerprint density at radius 2 is 1.70 bits per heavy atom. The van der Waals surface area contributed by atoms with Crippen LogP contribution in [0.1, 0.15) is 33.6 Å². The largest absolute Gasteiger partial charge is 0.394 e. The van der Waals surface area contributed by atoms with Crippen molar-refractivity contribution in [3.8, 4) is 0 Å². The zero-order valence-corrected chi connectivity index (χ0v) is 13.4. The van der Waals surface area contributed by atoms with Gasteiger partial charge < -0.3 is 19.9 Å². The van der Waals surface area contributed by atoms with Crippen LogP contribution >= 0.6 is 0 Å². The molecule has 0 radical (unpaired) electrons. The SMILES string of the molecule is CCOCCN(CCOCC)CC(C)(CO)NC1CC1. The fourth-order valence-corrected chi connectivity index (χ4v) is 2.30. The molecule has 0 bridgehead atoms. The first-order chi connectivity index (χ1) is 9.63. The topological polar surface area (TPSA) is 54.0 Å². The third-order valence-corrected chi connectivity index (χ3v) is 3.56. The molecule has 0 saturated heterocycles. The second kappa shape index (κ2) is 9.68. The molecule has 0 aromatic carbocycles. The molecule has 2 N–H and O–H groups in total. The summed E-state index contributed by atoms with van der Waals surface area (Å²) in [5.74, 6) is 0. The summed E-state index contributed by atoms with van der Waals surface area (Å²) >= 11 is 0. The fourth-order valence-electron chi connectivity index (χ4n) is 2.30. The molecule has 1 rings (SSSR count). The first-order valence-corrected chi connectivity index (χ1v) is 7.90. The van der Waals surface area contributed by atoms with Crippen LogP contribution in [-0.2, 0) is 9.47 Å². The number of ether oxygens (including phenoxy) is 2. The van der Waals surface area contributed by atoms with Crippen LogP contribution in [0.5, 0.6) is 0 Å². The van der Waals surface area contributed by atoms with E-state index < -0.39 is 0 Å². The summed E-state index contributed by atoms with van der Waals surface area (Å²) in [6.07, 6.45) is 2.46. The van der Waals surface area contributed by atoms with E-state index in [0.717, 1.165) is 46.1 Å². The summed E-state index contributed by atoms with van der Waals surface area (Å²) < 4.78 is 10.9. The number of rotatable bonds is 13. The van der Waals surface area contributed by atoms with Gasteiger partial charge in [-0.3, -0.25) is 4.90 Å². The highest BCUT2D eigenvalue weighted by Gasteiger charge is 2.33. The van der Waals surface area contributed by atoms with E-state index in [2.05, 4.69) is 17.1 Å². The van der Waals surface area contributed by atoms with Crippen molar-refractivity contribution in [2.75, 3.05) is 52.7 Å². The van der Waals surface area contributed by atoms with Crippen LogP contribution in [0.3, 0.4) is 0 Å². The molecule has 1 aliphatic carbocycles. The Morgan fingerprint density at radius 3 is 2.10 bits per heavy atom. The van der Waals surface area contributed by atoms with Crippen LogP contribution in [0, 0.1) is 0 Å². The molecular weight excluding hydrogens is 256 g/mol. The van der Waals surface area contributed by atoms with Crippen LogP contribution in [-0.4, -0.2) is 74.3 Å². The van der Waals surface area contributed by atoms with Gasteiger partial charge in [0.2, 0.25) is 0 Å². The summed E-state index contributed by atoms with van der Waals surface area (Å²) in [4.78, 5) is 2.32. The molecule has 1 saturated carbocycles. The Kier molecular flexibility index (Phi) is 8.64. The van der Waals surface area contributed by atoms with E-state index in [1.165, 1.54) is 12.8 Å². The molecular formula is C15H32N2O3. The average molecular weight is 288 g/mol. The normalized spacial score (nSPS) is 18.4. The Morgan fingerprint density at radius 1 is 1.15 bits per heavy atom. The van der Waals surface area contributed by atoms with E-state index >= 15 is 0 Å². The van der Waals surface area contributed by atoms with E-state index in [0.29, 0.717) is 6.04 Å². The van der Waals surface area contributed by atoms with E-state index in [1.54, 1.807) is 0 Å². The Labute approximate surface area is 123 Å². The quantitative estimate of drug-likeness (QED) is 0.492. The number of aliphatic hydroxyl groups is 1. The second-order valence-electron chi connectivity index (χ2n) is 5.81. The van der Waals surface area contributed by atoms with Crippen molar-refractivity contribution in [3.05, 3.63) is 0 Å². The average Bonchev–Trinajstić information content (AvgIpc) is 3.23. The first kappa shape index (κ1) is 17.9. The highest BCUT2D eigenvalue weighted by molar-refractivity contribution is 4.94. The number of hydrogen-bond acceptors (Lipinski definition) is 5. The molecule has 5 heteroatoms. The summed E-state index contributed by atoms with van der Waals surface area (Å²) in [6, 6.07) is 0.591. The van der Waals surface area contributed by atoms with Gasteiger partial charge in [0.25, 0.3) is 0 Å². The summed E-state index contributed by atoms with van der Waals surface area (Å²) in [6.45, 7) is 11.8. The minimum absolute atomic E-state index is 0.156. The van der Waals surface area contributed by atoms with Crippen molar-refractivity contribution < 1.29 is 14.6 Å². The molecule has 0 amide bonds. The summed E-state index contributed by atoms with van der Waals surface area (Å²) in [5.41, 5.74) is -0.237. The number of aliphatic hydroxyl groups excluding tert-OH is 1. The molecule has 1 fully saturated rings. The Bertz CT molecular complexity index is 239. The molecule has 1 atom stereocenters. The highest BCUT2D eigenvalue weighted by Crippen LogP contribution is 2.22. The molecule has 5 nitrogen and oxygen atoms in total. The van der Waals surface area contributed by atoms with Gasteiger partial charge in [-0.05, 0) is 33.6 Å². The maximum absolute atomic E-state index is 9.70. The monoisotopic (exact) mass is 288 g/mol. The minimum atomic E-state index is -0.237. The summed E-state index contributed by atoms with van der Waals surface area (Å²) in [7, 11) is 0. The van der Waals surface area contributed by atoms with E-state index in [-0.39, 0.29) is 12.1 Å². The van der Waals surface area contributed by atoms with Gasteiger partial charge in [0, 0.05) is 38.9 Å². The van der Waals surface area contributed by atoms with Gasteiger partial charge in [-0.25, -0.2) is 0 Å². The number of nitrogens with zero attached hydrogens (tertiary/aromatic N) is 1. The standard InChI is InChI=1S/C15H32N2O3/c1-4-19-10-8-17(9-11-20-5-2)12-15(3,13-18)16-14-6-7-14/h14,16,18H,4-13H2,1-3H3. The van der Waals surface area contributed by atoms with Gasteiger partial charge in [-0.1, -0.05) is 0 Å². The van der Waals surface area contributed by atoms with Gasteiger partial charge >= 0.3 is 0 Å². The van der Waals surface area contributed by atoms with Crippen molar-refractivity contribution in [1.29, 1.82) is 0 Å². The molecule has 0 spiro atoms. The lowest BCUT2D eigenvalue weighted by molar-refractivity contribution is 0.0566. The lowest BCUT2D eigenvalue weighted by Crippen LogP contribution is -2.55. The van der Waals surface area contributed by atoms with Gasteiger partial charge in [-0.2, -0.15) is 0 Å². The fraction of sp³-hybridized carbons (Fsp3) is 1.00. The zero-order chi connectivity index (χ0) is 14.8. The van der Waals surface area contributed by atoms with Crippen molar-refractivity contribution >= 4 is 0 Å². The van der Waals surface area contributed by atoms with Gasteiger partial charge in [0.1, 0.15) is 0 Å². The van der Waals surface area contributed by atoms with Gasteiger partial charge in [-0.15, -0.1) is 0 Å². The molecule has 0 heterocycles. The molecule has 0 aliphatic heterocycles. The Balaban J connectivity index is 2.41. The van der Waals surface area contributed by atoms with Crippen molar-refractivity contribution in [1.82, 2.24) is 10.2 Å². The lowest BCUT2D eigenvalue weighted by atomic mass is 10.0. The van der Waals surface area contributed by atoms with Crippen LogP contribution in [0.2, 0.25) is 0 Å². The molecule has 120 valence electrons. The number of nitrogens with one attached hydrogen (secondary N) is 1. The predicted molar refractivity (Wildman–Crippen MR) is 81.1 cm³/mol. The smallest absolute Gasteiger partial charge is 0.0623 e. The molecule has 0 aromatic heterocycles. The molecule has 0 aromatic rings. The van der Waals surface area contributed by atoms with Crippen LogP contribution < -0.4 is 5.32 Å². The lowest BCUT2D eigenvalue weighted by Gasteiger charge is -2.35. The van der Waals surface area contributed by atoms with Crippen LogP contribution in [0.4, 0.5) is 0 Å². The zero-order valence-electron chi connectivity index (χ0n) is 13.4. The molecule has 1 unspecified atom stereocenters. The van der Waals surface area contributed by atoms with Crippen LogP contribution in [0.25, 0.3) is 0 Å². The maximum atomic E-state index is 9.70. The van der Waals surface area contributed by atoms with Gasteiger partial charge in [0.05, 0.1) is 25.4 Å². The Hall–Kier alpha value is -0.200. The number of hydrogen-bond donors (Lipinski definition) is 2. The van der Waals surface area contributed by atoms with E-state index in [9.17, 15) is 5.11 Å². The van der Waals surface area contributed by atoms with Crippen molar-refractivity contribution in [2.45, 2.75) is 45.2 Å². The van der Waals surface area contributed by atoms with Crippen molar-refractivity contribution in [2.24, 2.45) is 0 Å². The first-order valence-electron chi connectivity index (χ1n) is 7.90. The maximum Gasteiger partial charge on any atom is 0.0623 e. The minimum Gasteiger partial charge on any atom is -0.394 e. The van der Waals surface area contributed by atoms with Gasteiger partial charge in [0.15, 0.2) is 0 Å². The van der Waals surface area contributed by atoms with Crippen molar-refractivity contribution in [3.63, 3.8) is 0 Å². The highest BCUT2D eigenvalue weighted by atomic mass is 16.5. The van der Waals surface area contributed by atoms with E-state index in [1.807, 2.05) is 13.8 Å². The summed E-state index contributed by atoms with van der Waals surface area (Å²) in [5, 5.41) is 13.3. The van der Waals surface area contributed by atoms with E-state index in [4.69, 9.17) is 9.47 Å². The predicted octanol–water partition coefficient (Wildman–Crippen LogP) is 0.864. The molecule has 1 aliphatic rings. The third kappa shape index (κ3) is 7.55. The van der Waals surface area contributed by atoms with Crippen LogP contribution in [0.15, 0.2) is 0 Å². The molecule has 20 heavy (non-hydrogen) atoms.